The van der Waals surface area contributed by atoms with Crippen molar-refractivity contribution in [2.24, 2.45) is 0 Å². The van der Waals surface area contributed by atoms with Crippen molar-refractivity contribution in [2.75, 3.05) is 29.6 Å². The number of nitrogens with zero attached hydrogens (tertiary/aromatic N) is 1. The zero-order valence-corrected chi connectivity index (χ0v) is 11.6. The first kappa shape index (κ1) is 13.6. The molecular weight excluding hydrogens is 262 g/mol. The molecule has 19 heavy (non-hydrogen) atoms. The Kier molecular flexibility index (Phi) is 3.90. The van der Waals surface area contributed by atoms with Gasteiger partial charge in [-0.05, 0) is 36.8 Å². The summed E-state index contributed by atoms with van der Waals surface area (Å²) in [6.45, 7) is 0.584. The maximum atomic E-state index is 11.0. The highest BCUT2D eigenvalue weighted by atomic mass is 32.2. The van der Waals surface area contributed by atoms with E-state index < -0.39 is 9.84 Å². The Balaban J connectivity index is 2.00. The van der Waals surface area contributed by atoms with Gasteiger partial charge in [0.15, 0.2) is 0 Å². The molecule has 2 rings (SSSR count). The molecule has 0 fully saturated rings. The van der Waals surface area contributed by atoms with Crippen molar-refractivity contribution in [1.29, 1.82) is 0 Å². The largest absolute Gasteiger partial charge is 0.399 e. The number of hydrogen-bond acceptors (Lipinski definition) is 5. The fourth-order valence-corrected chi connectivity index (χ4v) is 2.46. The van der Waals surface area contributed by atoms with Crippen LogP contribution in [-0.2, 0) is 9.84 Å². The molecule has 1 heterocycles. The number of aromatic nitrogens is 1. The van der Waals surface area contributed by atoms with Crippen molar-refractivity contribution in [3.8, 4) is 0 Å². The van der Waals surface area contributed by atoms with Crippen LogP contribution < -0.4 is 11.1 Å². The lowest BCUT2D eigenvalue weighted by Gasteiger charge is -2.06. The maximum absolute atomic E-state index is 11.0. The Morgan fingerprint density at radius 3 is 2.79 bits per heavy atom. The number of anilines is 2. The van der Waals surface area contributed by atoms with Gasteiger partial charge < -0.3 is 11.1 Å². The molecule has 0 aliphatic rings. The summed E-state index contributed by atoms with van der Waals surface area (Å²) in [6, 6.07) is 9.35. The van der Waals surface area contributed by atoms with Crippen LogP contribution >= 0.6 is 0 Å². The predicted octanol–water partition coefficient (Wildman–Crippen LogP) is 1.66. The summed E-state index contributed by atoms with van der Waals surface area (Å²) < 4.78 is 22.0. The van der Waals surface area contributed by atoms with Gasteiger partial charge in [-0.1, -0.05) is 0 Å². The molecule has 0 atom stereocenters. The summed E-state index contributed by atoms with van der Waals surface area (Å²) in [5, 5.41) is 4.10. The van der Waals surface area contributed by atoms with E-state index in [0.717, 1.165) is 16.7 Å². The minimum absolute atomic E-state index is 0.185. The van der Waals surface area contributed by atoms with Crippen LogP contribution in [0.1, 0.15) is 6.42 Å². The maximum Gasteiger partial charge on any atom is 0.147 e. The summed E-state index contributed by atoms with van der Waals surface area (Å²) in [5.74, 6) is 0.926. The molecule has 3 N–H and O–H groups in total. The molecular formula is C13H17N3O2S. The van der Waals surface area contributed by atoms with Gasteiger partial charge in [0.1, 0.15) is 15.7 Å². The van der Waals surface area contributed by atoms with E-state index in [2.05, 4.69) is 10.3 Å². The average molecular weight is 279 g/mol. The lowest BCUT2D eigenvalue weighted by molar-refractivity contribution is 0.600. The van der Waals surface area contributed by atoms with E-state index in [-0.39, 0.29) is 5.75 Å². The predicted molar refractivity (Wildman–Crippen MR) is 79.0 cm³/mol. The molecule has 0 aliphatic heterocycles. The van der Waals surface area contributed by atoms with Crippen LogP contribution in [0, 0.1) is 0 Å². The zero-order valence-electron chi connectivity index (χ0n) is 10.8. The standard InChI is InChI=1S/C13H17N3O2S/c1-19(17,18)8-2-7-15-13-6-3-10-9-11(14)4-5-12(10)16-13/h3-6,9H,2,7-8,14H2,1H3,(H,15,16). The summed E-state index contributed by atoms with van der Waals surface area (Å²) in [6.07, 6.45) is 1.81. The molecule has 102 valence electrons. The Bertz CT molecular complexity index is 683. The highest BCUT2D eigenvalue weighted by Gasteiger charge is 2.02. The topological polar surface area (TPSA) is 85.1 Å². The molecule has 0 aliphatic carbocycles. The van der Waals surface area contributed by atoms with Gasteiger partial charge >= 0.3 is 0 Å². The van der Waals surface area contributed by atoms with Gasteiger partial charge in [0.05, 0.1) is 11.3 Å². The van der Waals surface area contributed by atoms with Crippen LogP contribution in [-0.4, -0.2) is 32.0 Å². The molecule has 5 nitrogen and oxygen atoms in total. The number of nitrogen functional groups attached to an aromatic ring is 1. The summed E-state index contributed by atoms with van der Waals surface area (Å²) >= 11 is 0. The van der Waals surface area contributed by atoms with E-state index in [4.69, 9.17) is 5.73 Å². The van der Waals surface area contributed by atoms with Crippen LogP contribution in [0.2, 0.25) is 0 Å². The number of sulfone groups is 1. The van der Waals surface area contributed by atoms with Crippen molar-refractivity contribution in [2.45, 2.75) is 6.42 Å². The lowest BCUT2D eigenvalue weighted by Crippen LogP contribution is -2.10. The smallest absolute Gasteiger partial charge is 0.147 e. The minimum atomic E-state index is -2.89. The summed E-state index contributed by atoms with van der Waals surface area (Å²) in [4.78, 5) is 4.43. The van der Waals surface area contributed by atoms with Crippen molar-refractivity contribution >= 4 is 32.2 Å². The average Bonchev–Trinajstić information content (AvgIpc) is 2.33. The van der Waals surface area contributed by atoms with Gasteiger partial charge in [0.2, 0.25) is 0 Å². The first-order valence-corrected chi connectivity index (χ1v) is 8.08. The first-order valence-electron chi connectivity index (χ1n) is 6.02. The van der Waals surface area contributed by atoms with Crippen molar-refractivity contribution < 1.29 is 8.42 Å². The van der Waals surface area contributed by atoms with Crippen molar-refractivity contribution in [1.82, 2.24) is 4.98 Å². The van der Waals surface area contributed by atoms with E-state index in [1.165, 1.54) is 6.26 Å². The molecule has 0 saturated carbocycles. The SMILES string of the molecule is CS(=O)(=O)CCCNc1ccc2cc(N)ccc2n1. The molecule has 0 bridgehead atoms. The second-order valence-electron chi connectivity index (χ2n) is 4.56. The Labute approximate surface area is 112 Å². The highest BCUT2D eigenvalue weighted by molar-refractivity contribution is 7.90. The Morgan fingerprint density at radius 1 is 1.26 bits per heavy atom. The molecule has 2 aromatic rings. The number of rotatable bonds is 5. The molecule has 0 saturated heterocycles. The molecule has 6 heteroatoms. The molecule has 0 unspecified atom stereocenters. The van der Waals surface area contributed by atoms with Gasteiger partial charge in [-0.25, -0.2) is 13.4 Å². The third kappa shape index (κ3) is 4.10. The number of pyridine rings is 1. The lowest BCUT2D eigenvalue weighted by atomic mass is 10.2. The number of benzene rings is 1. The van der Waals surface area contributed by atoms with Gasteiger partial charge in [0, 0.05) is 23.9 Å². The van der Waals surface area contributed by atoms with Crippen molar-refractivity contribution in [3.63, 3.8) is 0 Å². The third-order valence-corrected chi connectivity index (χ3v) is 3.74. The second-order valence-corrected chi connectivity index (χ2v) is 6.82. The Morgan fingerprint density at radius 2 is 2.05 bits per heavy atom. The molecule has 1 aromatic carbocycles. The molecule has 0 radical (unpaired) electrons. The number of hydrogen-bond donors (Lipinski definition) is 2. The van der Waals surface area contributed by atoms with E-state index in [1.54, 1.807) is 0 Å². The van der Waals surface area contributed by atoms with E-state index in [0.29, 0.717) is 18.7 Å². The van der Waals surface area contributed by atoms with Gasteiger partial charge in [0.25, 0.3) is 0 Å². The van der Waals surface area contributed by atoms with Gasteiger partial charge in [-0.15, -0.1) is 0 Å². The second kappa shape index (κ2) is 5.44. The van der Waals surface area contributed by atoms with Crippen LogP contribution in [0.25, 0.3) is 10.9 Å². The molecule has 0 amide bonds. The molecule has 0 spiro atoms. The summed E-state index contributed by atoms with van der Waals surface area (Å²) in [5.41, 5.74) is 7.28. The van der Waals surface area contributed by atoms with E-state index >= 15 is 0 Å². The van der Waals surface area contributed by atoms with Crippen LogP contribution in [0.3, 0.4) is 0 Å². The van der Waals surface area contributed by atoms with Crippen molar-refractivity contribution in [3.05, 3.63) is 30.3 Å². The monoisotopic (exact) mass is 279 g/mol. The zero-order chi connectivity index (χ0) is 13.9. The van der Waals surface area contributed by atoms with Gasteiger partial charge in [-0.2, -0.15) is 0 Å². The number of fused-ring (bicyclic) bond motifs is 1. The quantitative estimate of drug-likeness (QED) is 0.642. The first-order chi connectivity index (χ1) is 8.94. The van der Waals surface area contributed by atoms with Crippen LogP contribution in [0.15, 0.2) is 30.3 Å². The molecule has 1 aromatic heterocycles. The normalized spacial score (nSPS) is 11.6. The number of nitrogens with one attached hydrogen (secondary N) is 1. The van der Waals surface area contributed by atoms with Crippen LogP contribution in [0.5, 0.6) is 0 Å². The fourth-order valence-electron chi connectivity index (χ4n) is 1.79. The Hall–Kier alpha value is -1.82. The number of nitrogens with two attached hydrogens (primary N) is 1. The van der Waals surface area contributed by atoms with E-state index in [9.17, 15) is 8.42 Å². The van der Waals surface area contributed by atoms with E-state index in [1.807, 2.05) is 30.3 Å². The third-order valence-electron chi connectivity index (χ3n) is 2.71. The van der Waals surface area contributed by atoms with Crippen LogP contribution in [0.4, 0.5) is 11.5 Å². The summed E-state index contributed by atoms with van der Waals surface area (Å²) in [7, 11) is -2.89. The fraction of sp³-hybridized carbons (Fsp3) is 0.308. The highest BCUT2D eigenvalue weighted by Crippen LogP contribution is 2.17. The van der Waals surface area contributed by atoms with Gasteiger partial charge in [-0.3, -0.25) is 0 Å². The minimum Gasteiger partial charge on any atom is -0.399 e.